The highest BCUT2D eigenvalue weighted by Gasteiger charge is 2.51. The number of allylic oxidation sites excluding steroid dienone is 5. The molecule has 0 aromatic rings. The van der Waals surface area contributed by atoms with Crippen molar-refractivity contribution in [3.8, 4) is 0 Å². The standard InChI is InChI=1S/C56H103NO13/c1-3-5-7-9-11-12-13-14-15-16-17-18-19-20-21-22-23-24-25-26-27-28-29-30-31-32-33-34-35-37-39-45(60)44(57-48(61)40-38-36-10-8-6-4-2)43-67-55-53(66)51(64)54(47(42-59)69-55)70-56-52(65)50(63)49(62)46(41-58)68-56/h28-29,32-33,37,39,44-47,49-56,58-60,62-66H,3-27,30-31,34-36,38,40-43H2,1-2H3,(H,57,61)/b29-28+,33-32+,39-37+. The number of carbonyl (C=O) groups excluding carboxylic acids is 1. The minimum Gasteiger partial charge on any atom is -0.394 e. The van der Waals surface area contributed by atoms with E-state index in [4.69, 9.17) is 18.9 Å². The Morgan fingerprint density at radius 3 is 1.40 bits per heavy atom. The third-order valence-electron chi connectivity index (χ3n) is 13.8. The molecule has 12 atom stereocenters. The van der Waals surface area contributed by atoms with Crippen LogP contribution in [-0.2, 0) is 23.7 Å². The molecule has 12 unspecified atom stereocenters. The maximum atomic E-state index is 13.0. The molecule has 0 aliphatic carbocycles. The van der Waals surface area contributed by atoms with Gasteiger partial charge in [0, 0.05) is 6.42 Å². The SMILES string of the molecule is CCCCCCCCCCCCCCCCCCCCCC/C=C/CC/C=C/CC/C=C/C(O)C(COC1OC(CO)C(OC2OC(CO)C(O)C(O)C2O)C(O)C1O)NC(=O)CCCCCCCC. The molecule has 14 heteroatoms. The second-order valence-corrected chi connectivity index (χ2v) is 20.1. The second kappa shape index (κ2) is 42.6. The Kier molecular flexibility index (Phi) is 39.1. The molecule has 2 fully saturated rings. The second-order valence-electron chi connectivity index (χ2n) is 20.1. The third-order valence-corrected chi connectivity index (χ3v) is 13.8. The first-order chi connectivity index (χ1) is 34.1. The van der Waals surface area contributed by atoms with Gasteiger partial charge < -0.3 is 65.1 Å². The molecule has 1 amide bonds. The maximum absolute atomic E-state index is 13.0. The van der Waals surface area contributed by atoms with Gasteiger partial charge in [0.25, 0.3) is 0 Å². The van der Waals surface area contributed by atoms with E-state index < -0.39 is 86.8 Å². The summed E-state index contributed by atoms with van der Waals surface area (Å²) in [5.41, 5.74) is 0. The van der Waals surface area contributed by atoms with E-state index in [1.165, 1.54) is 128 Å². The van der Waals surface area contributed by atoms with E-state index in [0.29, 0.717) is 12.8 Å². The zero-order chi connectivity index (χ0) is 51.0. The lowest BCUT2D eigenvalue weighted by Crippen LogP contribution is -2.65. The quantitative estimate of drug-likeness (QED) is 0.0206. The van der Waals surface area contributed by atoms with E-state index in [1.807, 2.05) is 6.08 Å². The van der Waals surface area contributed by atoms with Crippen LogP contribution in [0.2, 0.25) is 0 Å². The van der Waals surface area contributed by atoms with Crippen LogP contribution in [0.4, 0.5) is 0 Å². The molecular formula is C56H103NO13. The van der Waals surface area contributed by atoms with Crippen LogP contribution in [0.1, 0.15) is 219 Å². The molecule has 2 aliphatic heterocycles. The fraction of sp³-hybridized carbons (Fsp3) is 0.875. The normalized spacial score (nSPS) is 26.2. The van der Waals surface area contributed by atoms with Gasteiger partial charge in [-0.05, 0) is 44.9 Å². The Morgan fingerprint density at radius 2 is 0.914 bits per heavy atom. The summed E-state index contributed by atoms with van der Waals surface area (Å²) in [6, 6.07) is -0.932. The van der Waals surface area contributed by atoms with Gasteiger partial charge in [0.15, 0.2) is 12.6 Å². The number of aliphatic hydroxyl groups excluding tert-OH is 8. The van der Waals surface area contributed by atoms with Gasteiger partial charge in [0.05, 0.1) is 32.0 Å². The number of hydrogen-bond donors (Lipinski definition) is 9. The molecule has 2 aliphatic rings. The van der Waals surface area contributed by atoms with Gasteiger partial charge in [-0.3, -0.25) is 4.79 Å². The van der Waals surface area contributed by atoms with Crippen molar-refractivity contribution in [2.24, 2.45) is 0 Å². The lowest BCUT2D eigenvalue weighted by atomic mass is 9.97. The summed E-state index contributed by atoms with van der Waals surface area (Å²) in [4.78, 5) is 13.0. The number of unbranched alkanes of at least 4 members (excludes halogenated alkanes) is 27. The first-order valence-electron chi connectivity index (χ1n) is 28.2. The molecule has 0 bridgehead atoms. The van der Waals surface area contributed by atoms with E-state index in [1.54, 1.807) is 6.08 Å². The largest absolute Gasteiger partial charge is 0.394 e. The minimum atomic E-state index is -1.79. The van der Waals surface area contributed by atoms with Crippen molar-refractivity contribution < 1.29 is 64.6 Å². The minimum absolute atomic E-state index is 0.263. The number of carbonyl (C=O) groups is 1. The van der Waals surface area contributed by atoms with Crippen LogP contribution in [0.5, 0.6) is 0 Å². The summed E-state index contributed by atoms with van der Waals surface area (Å²) in [5, 5.41) is 86.5. The van der Waals surface area contributed by atoms with Crippen molar-refractivity contribution in [2.45, 2.75) is 293 Å². The smallest absolute Gasteiger partial charge is 0.220 e. The fourth-order valence-corrected chi connectivity index (χ4v) is 9.21. The van der Waals surface area contributed by atoms with Crippen LogP contribution in [0.3, 0.4) is 0 Å². The van der Waals surface area contributed by atoms with Crippen molar-refractivity contribution in [2.75, 3.05) is 19.8 Å². The Labute approximate surface area is 423 Å². The molecule has 2 saturated heterocycles. The first kappa shape index (κ1) is 64.3. The highest BCUT2D eigenvalue weighted by Crippen LogP contribution is 2.30. The van der Waals surface area contributed by atoms with E-state index in [9.17, 15) is 45.6 Å². The molecule has 0 aromatic carbocycles. The molecule has 2 rings (SSSR count). The number of hydrogen-bond acceptors (Lipinski definition) is 13. The Morgan fingerprint density at radius 1 is 0.500 bits per heavy atom. The Bertz CT molecular complexity index is 1320. The van der Waals surface area contributed by atoms with Crippen LogP contribution in [0, 0.1) is 0 Å². The fourth-order valence-electron chi connectivity index (χ4n) is 9.21. The van der Waals surface area contributed by atoms with E-state index in [2.05, 4.69) is 43.5 Å². The van der Waals surface area contributed by atoms with Crippen molar-refractivity contribution in [1.82, 2.24) is 5.32 Å². The highest BCUT2D eigenvalue weighted by atomic mass is 16.7. The highest BCUT2D eigenvalue weighted by molar-refractivity contribution is 5.76. The summed E-state index contributed by atoms with van der Waals surface area (Å²) in [7, 11) is 0. The lowest BCUT2D eigenvalue weighted by Gasteiger charge is -2.46. The van der Waals surface area contributed by atoms with Crippen LogP contribution in [0.15, 0.2) is 36.5 Å². The summed E-state index contributed by atoms with van der Waals surface area (Å²) in [6.45, 7) is 2.69. The number of amides is 1. The van der Waals surface area contributed by atoms with Gasteiger partial charge >= 0.3 is 0 Å². The van der Waals surface area contributed by atoms with Crippen molar-refractivity contribution >= 4 is 5.91 Å². The molecule has 9 N–H and O–H groups in total. The topological polar surface area (TPSA) is 228 Å². The third kappa shape index (κ3) is 28.6. The van der Waals surface area contributed by atoms with Gasteiger partial charge in [-0.25, -0.2) is 0 Å². The number of rotatable bonds is 44. The van der Waals surface area contributed by atoms with Crippen LogP contribution >= 0.6 is 0 Å². The molecule has 0 spiro atoms. The van der Waals surface area contributed by atoms with Gasteiger partial charge in [-0.2, -0.15) is 0 Å². The van der Waals surface area contributed by atoms with Crippen molar-refractivity contribution in [3.63, 3.8) is 0 Å². The molecule has 2 heterocycles. The maximum Gasteiger partial charge on any atom is 0.220 e. The Balaban J connectivity index is 1.66. The number of ether oxygens (including phenoxy) is 4. The van der Waals surface area contributed by atoms with E-state index in [-0.39, 0.29) is 18.9 Å². The summed E-state index contributed by atoms with van der Waals surface area (Å²) < 4.78 is 22.6. The first-order valence-corrected chi connectivity index (χ1v) is 28.2. The lowest BCUT2D eigenvalue weighted by molar-refractivity contribution is -0.359. The molecular weight excluding hydrogens is 895 g/mol. The molecule has 70 heavy (non-hydrogen) atoms. The van der Waals surface area contributed by atoms with Gasteiger partial charge in [-0.15, -0.1) is 0 Å². The van der Waals surface area contributed by atoms with Gasteiger partial charge in [0.2, 0.25) is 5.91 Å². The van der Waals surface area contributed by atoms with E-state index >= 15 is 0 Å². The predicted molar refractivity (Wildman–Crippen MR) is 277 cm³/mol. The van der Waals surface area contributed by atoms with Gasteiger partial charge in [0.1, 0.15) is 48.8 Å². The molecule has 0 saturated carbocycles. The van der Waals surface area contributed by atoms with Crippen LogP contribution in [-0.4, -0.2) is 140 Å². The average Bonchev–Trinajstić information content (AvgIpc) is 3.36. The number of aliphatic hydroxyl groups is 8. The van der Waals surface area contributed by atoms with Crippen molar-refractivity contribution in [1.29, 1.82) is 0 Å². The molecule has 0 radical (unpaired) electrons. The average molecular weight is 998 g/mol. The zero-order valence-electron chi connectivity index (χ0n) is 43.8. The summed E-state index contributed by atoms with van der Waals surface area (Å²) in [5.74, 6) is -0.263. The zero-order valence-corrected chi connectivity index (χ0v) is 43.8. The molecule has 0 aromatic heterocycles. The molecule has 410 valence electrons. The molecule has 14 nitrogen and oxygen atoms in total. The van der Waals surface area contributed by atoms with Crippen LogP contribution in [0.25, 0.3) is 0 Å². The summed E-state index contributed by atoms with van der Waals surface area (Å²) >= 11 is 0. The summed E-state index contributed by atoms with van der Waals surface area (Å²) in [6.07, 6.45) is 34.1. The van der Waals surface area contributed by atoms with Gasteiger partial charge in [-0.1, -0.05) is 204 Å². The van der Waals surface area contributed by atoms with Crippen molar-refractivity contribution in [3.05, 3.63) is 36.5 Å². The monoisotopic (exact) mass is 998 g/mol. The predicted octanol–water partition coefficient (Wildman–Crippen LogP) is 8.66. The number of nitrogens with one attached hydrogen (secondary N) is 1. The Hall–Kier alpha value is -1.79. The van der Waals surface area contributed by atoms with Crippen LogP contribution < -0.4 is 5.32 Å². The van der Waals surface area contributed by atoms with E-state index in [0.717, 1.165) is 57.8 Å².